The number of aliphatic hydroxyl groups excluding tert-OH is 1. The maximum Gasteiger partial charge on any atom is 0.0752 e. The lowest BCUT2D eigenvalue weighted by Gasteiger charge is -2.04. The van der Waals surface area contributed by atoms with E-state index in [1.165, 1.54) is 0 Å². The van der Waals surface area contributed by atoms with Crippen molar-refractivity contribution >= 4 is 0 Å². The molecule has 0 bridgehead atoms. The minimum atomic E-state index is 0.920. The first-order chi connectivity index (χ1) is 3.77. The predicted molar refractivity (Wildman–Crippen MR) is 34.9 cm³/mol. The van der Waals surface area contributed by atoms with Crippen molar-refractivity contribution in [1.82, 2.24) is 4.90 Å². The number of aliphatic hydroxyl groups is 1. The van der Waals surface area contributed by atoms with Gasteiger partial charge in [-0.15, -0.1) is 0 Å². The molecule has 0 aromatic heterocycles. The maximum absolute atomic E-state index is 8.18. The van der Waals surface area contributed by atoms with E-state index in [-0.39, 0.29) is 0 Å². The molecule has 48 valence electrons. The van der Waals surface area contributed by atoms with Gasteiger partial charge in [-0.2, -0.15) is 0 Å². The van der Waals surface area contributed by atoms with Crippen molar-refractivity contribution in [2.75, 3.05) is 20.6 Å². The average molecular weight is 115 g/mol. The second-order valence-electron chi connectivity index (χ2n) is 1.98. The van der Waals surface area contributed by atoms with Crippen LogP contribution in [0.2, 0.25) is 0 Å². The second kappa shape index (κ2) is 4.65. The van der Waals surface area contributed by atoms with E-state index >= 15 is 0 Å². The summed E-state index contributed by atoms with van der Waals surface area (Å²) in [6.45, 7) is 0.997. The lowest BCUT2D eigenvalue weighted by molar-refractivity contribution is 0.412. The summed E-state index contributed by atoms with van der Waals surface area (Å²) in [5.74, 6) is 0. The van der Waals surface area contributed by atoms with E-state index in [1.54, 1.807) is 6.08 Å². The molecule has 0 rings (SSSR count). The van der Waals surface area contributed by atoms with E-state index in [9.17, 15) is 0 Å². The second-order valence-corrected chi connectivity index (χ2v) is 1.98. The van der Waals surface area contributed by atoms with Gasteiger partial charge in [-0.3, -0.25) is 0 Å². The van der Waals surface area contributed by atoms with Crippen molar-refractivity contribution in [2.24, 2.45) is 0 Å². The Hall–Kier alpha value is -0.500. The monoisotopic (exact) mass is 115 g/mol. The summed E-state index contributed by atoms with van der Waals surface area (Å²) >= 11 is 0. The zero-order valence-corrected chi connectivity index (χ0v) is 5.46. The molecule has 0 aromatic rings. The minimum Gasteiger partial charge on any atom is -0.516 e. The van der Waals surface area contributed by atoms with Crippen LogP contribution in [0.15, 0.2) is 12.3 Å². The Morgan fingerprint density at radius 2 is 2.12 bits per heavy atom. The first-order valence-corrected chi connectivity index (χ1v) is 2.71. The topological polar surface area (TPSA) is 23.5 Å². The van der Waals surface area contributed by atoms with Gasteiger partial charge in [-0.25, -0.2) is 0 Å². The van der Waals surface area contributed by atoms with Gasteiger partial charge in [-0.1, -0.05) is 0 Å². The van der Waals surface area contributed by atoms with Crippen LogP contribution in [-0.4, -0.2) is 30.6 Å². The lowest BCUT2D eigenvalue weighted by Crippen LogP contribution is -2.11. The zero-order chi connectivity index (χ0) is 6.41. The summed E-state index contributed by atoms with van der Waals surface area (Å²) in [4.78, 5) is 2.07. The van der Waals surface area contributed by atoms with Crippen molar-refractivity contribution in [1.29, 1.82) is 0 Å². The quantitative estimate of drug-likeness (QED) is 0.555. The van der Waals surface area contributed by atoms with Crippen LogP contribution in [0.4, 0.5) is 0 Å². The Labute approximate surface area is 50.4 Å². The first kappa shape index (κ1) is 7.50. The molecule has 2 nitrogen and oxygen atoms in total. The van der Waals surface area contributed by atoms with Gasteiger partial charge in [0.05, 0.1) is 6.26 Å². The molecule has 0 aromatic carbocycles. The van der Waals surface area contributed by atoms with Gasteiger partial charge < -0.3 is 10.0 Å². The number of hydrogen-bond acceptors (Lipinski definition) is 2. The van der Waals surface area contributed by atoms with E-state index in [2.05, 4.69) is 4.90 Å². The van der Waals surface area contributed by atoms with Crippen LogP contribution in [0, 0.1) is 0 Å². The molecule has 0 amide bonds. The first-order valence-electron chi connectivity index (χ1n) is 2.71. The standard InChI is InChI=1S/C6H13NO/c1-7(2)5-3-4-6-8/h4,6,8H,3,5H2,1-2H3. The molecule has 0 radical (unpaired) electrons. The van der Waals surface area contributed by atoms with E-state index in [4.69, 9.17) is 5.11 Å². The van der Waals surface area contributed by atoms with Crippen LogP contribution in [0.25, 0.3) is 0 Å². The van der Waals surface area contributed by atoms with E-state index in [1.807, 2.05) is 14.1 Å². The van der Waals surface area contributed by atoms with Crippen molar-refractivity contribution in [3.63, 3.8) is 0 Å². The van der Waals surface area contributed by atoms with Crippen LogP contribution in [0.3, 0.4) is 0 Å². The molecule has 1 N–H and O–H groups in total. The fraction of sp³-hybridized carbons (Fsp3) is 0.667. The molecule has 0 saturated heterocycles. The molecular formula is C6H13NO. The van der Waals surface area contributed by atoms with Gasteiger partial charge in [0, 0.05) is 6.54 Å². The van der Waals surface area contributed by atoms with Crippen LogP contribution in [-0.2, 0) is 0 Å². The molecule has 0 saturated carbocycles. The van der Waals surface area contributed by atoms with E-state index < -0.39 is 0 Å². The molecular weight excluding hydrogens is 102 g/mol. The number of nitrogens with zero attached hydrogens (tertiary/aromatic N) is 1. The molecule has 0 unspecified atom stereocenters. The average Bonchev–Trinajstić information content (AvgIpc) is 1.66. The van der Waals surface area contributed by atoms with Gasteiger partial charge in [0.15, 0.2) is 0 Å². The fourth-order valence-electron chi connectivity index (χ4n) is 0.407. The van der Waals surface area contributed by atoms with Gasteiger partial charge >= 0.3 is 0 Å². The summed E-state index contributed by atoms with van der Waals surface area (Å²) in [6, 6.07) is 0. The highest BCUT2D eigenvalue weighted by molar-refractivity contribution is 4.71. The largest absolute Gasteiger partial charge is 0.516 e. The van der Waals surface area contributed by atoms with Crippen molar-refractivity contribution < 1.29 is 5.11 Å². The van der Waals surface area contributed by atoms with Crippen molar-refractivity contribution in [3.05, 3.63) is 12.3 Å². The summed E-state index contributed by atoms with van der Waals surface area (Å²) in [7, 11) is 4.01. The smallest absolute Gasteiger partial charge is 0.0752 e. The highest BCUT2D eigenvalue weighted by Gasteiger charge is 1.82. The predicted octanol–water partition coefficient (Wildman–Crippen LogP) is 1.01. The van der Waals surface area contributed by atoms with Crippen molar-refractivity contribution in [3.8, 4) is 0 Å². The third-order valence-electron chi connectivity index (χ3n) is 0.848. The Morgan fingerprint density at radius 1 is 1.50 bits per heavy atom. The summed E-state index contributed by atoms with van der Waals surface area (Å²) in [5, 5.41) is 8.18. The zero-order valence-electron chi connectivity index (χ0n) is 5.46. The molecule has 0 fully saturated rings. The molecule has 8 heavy (non-hydrogen) atoms. The maximum atomic E-state index is 8.18. The Morgan fingerprint density at radius 3 is 2.50 bits per heavy atom. The van der Waals surface area contributed by atoms with Crippen LogP contribution in [0.1, 0.15) is 6.42 Å². The molecule has 0 atom stereocenters. The van der Waals surface area contributed by atoms with Crippen molar-refractivity contribution in [2.45, 2.75) is 6.42 Å². The molecule has 0 heterocycles. The van der Waals surface area contributed by atoms with Gasteiger partial charge in [0.1, 0.15) is 0 Å². The third-order valence-corrected chi connectivity index (χ3v) is 0.848. The SMILES string of the molecule is CN(C)CCC=CO. The lowest BCUT2D eigenvalue weighted by atomic mass is 10.4. The van der Waals surface area contributed by atoms with E-state index in [0.717, 1.165) is 19.2 Å². The van der Waals surface area contributed by atoms with E-state index in [0.29, 0.717) is 0 Å². The molecule has 0 spiro atoms. The van der Waals surface area contributed by atoms with Gasteiger partial charge in [0.2, 0.25) is 0 Å². The number of rotatable bonds is 3. The van der Waals surface area contributed by atoms with Crippen LogP contribution in [0.5, 0.6) is 0 Å². The molecule has 0 aliphatic heterocycles. The minimum absolute atomic E-state index is 0.920. The summed E-state index contributed by atoms with van der Waals surface area (Å²) in [5.41, 5.74) is 0. The van der Waals surface area contributed by atoms with Crippen LogP contribution < -0.4 is 0 Å². The highest BCUT2D eigenvalue weighted by atomic mass is 16.2. The Bertz CT molecular complexity index is 68.9. The molecule has 2 heteroatoms. The normalized spacial score (nSPS) is 11.4. The van der Waals surface area contributed by atoms with Gasteiger partial charge in [0.25, 0.3) is 0 Å². The summed E-state index contributed by atoms with van der Waals surface area (Å²) in [6.07, 6.45) is 3.74. The summed E-state index contributed by atoms with van der Waals surface area (Å²) < 4.78 is 0. The van der Waals surface area contributed by atoms with Gasteiger partial charge in [-0.05, 0) is 26.6 Å². The Balaban J connectivity index is 2.93. The third kappa shape index (κ3) is 5.50. The molecule has 0 aliphatic carbocycles. The van der Waals surface area contributed by atoms with Crippen LogP contribution >= 0.6 is 0 Å². The molecule has 0 aliphatic rings. The number of hydrogen-bond donors (Lipinski definition) is 1. The fourth-order valence-corrected chi connectivity index (χ4v) is 0.407. The Kier molecular flexibility index (Phi) is 4.36. The highest BCUT2D eigenvalue weighted by Crippen LogP contribution is 1.82.